The van der Waals surface area contributed by atoms with Gasteiger partial charge >= 0.3 is 6.03 Å². The molecule has 2 N–H and O–H groups in total. The molecule has 0 saturated carbocycles. The Kier molecular flexibility index (Phi) is 5.48. The minimum atomic E-state index is -0.374. The summed E-state index contributed by atoms with van der Waals surface area (Å²) in [5.41, 5.74) is 0.909. The van der Waals surface area contributed by atoms with Gasteiger partial charge in [0, 0.05) is 10.7 Å². The molecule has 0 saturated heterocycles. The number of nitrogens with one attached hydrogen (secondary N) is 2. The van der Waals surface area contributed by atoms with Crippen molar-refractivity contribution in [1.29, 1.82) is 0 Å². The van der Waals surface area contributed by atoms with Crippen LogP contribution in [0.1, 0.15) is 13.3 Å². The number of halogens is 1. The van der Waals surface area contributed by atoms with Crippen LogP contribution in [0.4, 0.5) is 10.5 Å². The summed E-state index contributed by atoms with van der Waals surface area (Å²) >= 11 is 5.91. The second kappa shape index (κ2) is 7.97. The highest BCUT2D eigenvalue weighted by Gasteiger charge is 2.14. The summed E-state index contributed by atoms with van der Waals surface area (Å²) in [4.78, 5) is 24.7. The smallest absolute Gasteiger partial charge is 0.319 e. The molecule has 2 aromatic carbocycles. The lowest BCUT2D eigenvalue weighted by Crippen LogP contribution is -2.42. The fraction of sp³-hybridized carbons (Fsp3) is 0.222. The average molecular weight is 372 g/mol. The lowest BCUT2D eigenvalue weighted by molar-refractivity contribution is 0.245. The number of benzene rings is 2. The van der Waals surface area contributed by atoms with Crippen LogP contribution in [0.3, 0.4) is 0 Å². The van der Waals surface area contributed by atoms with Crippen LogP contribution in [-0.4, -0.2) is 27.1 Å². The van der Waals surface area contributed by atoms with E-state index in [1.807, 2.05) is 6.92 Å². The monoisotopic (exact) mass is 371 g/mol. The molecule has 3 aromatic rings. The third-order valence-electron chi connectivity index (χ3n) is 3.93. The minimum Gasteiger partial charge on any atom is -0.333 e. The number of amides is 2. The molecule has 0 fully saturated rings. The Morgan fingerprint density at radius 2 is 2.04 bits per heavy atom. The van der Waals surface area contributed by atoms with E-state index in [9.17, 15) is 9.59 Å². The topological polar surface area (TPSA) is 88.9 Å². The van der Waals surface area contributed by atoms with Crippen molar-refractivity contribution >= 4 is 34.2 Å². The molecule has 1 atom stereocenters. The summed E-state index contributed by atoms with van der Waals surface area (Å²) < 4.78 is 1.27. The zero-order valence-electron chi connectivity index (χ0n) is 14.1. The van der Waals surface area contributed by atoms with Crippen LogP contribution in [0, 0.1) is 0 Å². The Hall–Kier alpha value is -2.93. The molecular weight excluding hydrogens is 354 g/mol. The van der Waals surface area contributed by atoms with Crippen molar-refractivity contribution in [2.75, 3.05) is 5.32 Å². The molecule has 0 spiro atoms. The van der Waals surface area contributed by atoms with Crippen molar-refractivity contribution in [2.45, 2.75) is 25.9 Å². The second-order valence-corrected chi connectivity index (χ2v) is 6.24. The summed E-state index contributed by atoms with van der Waals surface area (Å²) in [6, 6.07) is 13.3. The van der Waals surface area contributed by atoms with Gasteiger partial charge in [-0.2, -0.15) is 0 Å². The standard InChI is InChI=1S/C18H18ClN5O2/c1-2-13(20-18(26)21-14-7-5-6-12(19)10-14)11-24-17(25)15-8-3-4-9-16(15)22-23-24/h3-10,13H,2,11H2,1H3,(H2,20,21,26)/t13-/m1/s1. The van der Waals surface area contributed by atoms with E-state index in [-0.39, 0.29) is 24.2 Å². The van der Waals surface area contributed by atoms with Crippen LogP contribution in [0.5, 0.6) is 0 Å². The van der Waals surface area contributed by atoms with Crippen molar-refractivity contribution in [3.05, 3.63) is 63.9 Å². The van der Waals surface area contributed by atoms with Crippen molar-refractivity contribution in [2.24, 2.45) is 0 Å². The molecule has 1 aromatic heterocycles. The second-order valence-electron chi connectivity index (χ2n) is 5.81. The average Bonchev–Trinajstić information content (AvgIpc) is 2.63. The maximum Gasteiger partial charge on any atom is 0.319 e. The Morgan fingerprint density at radius 1 is 1.23 bits per heavy atom. The number of anilines is 1. The molecule has 7 nitrogen and oxygen atoms in total. The van der Waals surface area contributed by atoms with Gasteiger partial charge in [0.05, 0.1) is 18.0 Å². The van der Waals surface area contributed by atoms with E-state index in [1.54, 1.807) is 48.5 Å². The Labute approximate surface area is 155 Å². The molecule has 0 aliphatic rings. The van der Waals surface area contributed by atoms with E-state index in [0.29, 0.717) is 28.0 Å². The van der Waals surface area contributed by atoms with E-state index in [0.717, 1.165) is 0 Å². The van der Waals surface area contributed by atoms with Crippen molar-refractivity contribution < 1.29 is 4.79 Å². The predicted molar refractivity (Wildman–Crippen MR) is 101 cm³/mol. The lowest BCUT2D eigenvalue weighted by Gasteiger charge is -2.18. The molecule has 0 radical (unpaired) electrons. The first kappa shape index (κ1) is 17.9. The number of hydrogen-bond donors (Lipinski definition) is 2. The van der Waals surface area contributed by atoms with Gasteiger partial charge in [-0.25, -0.2) is 9.48 Å². The minimum absolute atomic E-state index is 0.230. The van der Waals surface area contributed by atoms with Crippen LogP contribution in [0.2, 0.25) is 5.02 Å². The number of aromatic nitrogens is 3. The fourth-order valence-electron chi connectivity index (χ4n) is 2.55. The van der Waals surface area contributed by atoms with Gasteiger partial charge in [-0.15, -0.1) is 5.10 Å². The number of carbonyl (C=O) groups is 1. The number of urea groups is 1. The highest BCUT2D eigenvalue weighted by Crippen LogP contribution is 2.14. The van der Waals surface area contributed by atoms with Gasteiger partial charge in [0.25, 0.3) is 5.56 Å². The summed E-state index contributed by atoms with van der Waals surface area (Å²) in [5, 5.41) is 14.6. The summed E-state index contributed by atoms with van der Waals surface area (Å²) in [6.45, 7) is 2.15. The number of hydrogen-bond acceptors (Lipinski definition) is 4. The lowest BCUT2D eigenvalue weighted by atomic mass is 10.2. The van der Waals surface area contributed by atoms with Gasteiger partial charge in [0.2, 0.25) is 0 Å². The molecule has 0 aliphatic carbocycles. The van der Waals surface area contributed by atoms with E-state index in [2.05, 4.69) is 20.9 Å². The predicted octanol–water partition coefficient (Wildman–Crippen LogP) is 3.05. The van der Waals surface area contributed by atoms with Crippen LogP contribution >= 0.6 is 11.6 Å². The van der Waals surface area contributed by atoms with E-state index in [4.69, 9.17) is 11.6 Å². The molecule has 0 unspecified atom stereocenters. The van der Waals surface area contributed by atoms with E-state index in [1.165, 1.54) is 4.68 Å². The van der Waals surface area contributed by atoms with Crippen LogP contribution in [-0.2, 0) is 6.54 Å². The van der Waals surface area contributed by atoms with Crippen molar-refractivity contribution in [3.8, 4) is 0 Å². The summed E-state index contributed by atoms with van der Waals surface area (Å²) in [7, 11) is 0. The summed E-state index contributed by atoms with van der Waals surface area (Å²) in [5.74, 6) is 0. The zero-order chi connectivity index (χ0) is 18.5. The Balaban J connectivity index is 1.70. The first-order valence-corrected chi connectivity index (χ1v) is 8.60. The highest BCUT2D eigenvalue weighted by atomic mass is 35.5. The SMILES string of the molecule is CC[C@H](Cn1nnc2ccccc2c1=O)NC(=O)Nc1cccc(Cl)c1. The molecule has 0 bridgehead atoms. The number of rotatable bonds is 5. The molecular formula is C18H18ClN5O2. The van der Waals surface area contributed by atoms with Gasteiger partial charge in [0.15, 0.2) is 0 Å². The third-order valence-corrected chi connectivity index (χ3v) is 4.17. The van der Waals surface area contributed by atoms with Crippen molar-refractivity contribution in [3.63, 3.8) is 0 Å². The first-order valence-electron chi connectivity index (χ1n) is 8.22. The van der Waals surface area contributed by atoms with Gasteiger partial charge < -0.3 is 10.6 Å². The third kappa shape index (κ3) is 4.18. The van der Waals surface area contributed by atoms with Gasteiger partial charge in [-0.1, -0.05) is 41.9 Å². The molecule has 3 rings (SSSR count). The molecule has 8 heteroatoms. The summed E-state index contributed by atoms with van der Waals surface area (Å²) in [6.07, 6.45) is 0.629. The van der Waals surface area contributed by atoms with Gasteiger partial charge in [-0.05, 0) is 36.8 Å². The maximum atomic E-state index is 12.5. The van der Waals surface area contributed by atoms with E-state index < -0.39 is 0 Å². The molecule has 26 heavy (non-hydrogen) atoms. The van der Waals surface area contributed by atoms with Crippen LogP contribution in [0.15, 0.2) is 53.3 Å². The van der Waals surface area contributed by atoms with Crippen molar-refractivity contribution in [1.82, 2.24) is 20.3 Å². The zero-order valence-corrected chi connectivity index (χ0v) is 14.9. The van der Waals surface area contributed by atoms with E-state index >= 15 is 0 Å². The first-order chi connectivity index (χ1) is 12.6. The number of carbonyl (C=O) groups excluding carboxylic acids is 1. The molecule has 2 amide bonds. The quantitative estimate of drug-likeness (QED) is 0.721. The van der Waals surface area contributed by atoms with Gasteiger partial charge in [-0.3, -0.25) is 4.79 Å². The normalized spacial score (nSPS) is 11.9. The Morgan fingerprint density at radius 3 is 2.81 bits per heavy atom. The van der Waals surface area contributed by atoms with Gasteiger partial charge in [0.1, 0.15) is 5.52 Å². The molecule has 0 aliphatic heterocycles. The molecule has 1 heterocycles. The Bertz CT molecular complexity index is 988. The van der Waals surface area contributed by atoms with Crippen LogP contribution in [0.25, 0.3) is 10.9 Å². The largest absolute Gasteiger partial charge is 0.333 e. The maximum absolute atomic E-state index is 12.5. The highest BCUT2D eigenvalue weighted by molar-refractivity contribution is 6.30. The number of fused-ring (bicyclic) bond motifs is 1. The number of nitrogens with zero attached hydrogens (tertiary/aromatic N) is 3. The fourth-order valence-corrected chi connectivity index (χ4v) is 2.74. The molecule has 134 valence electrons. The van der Waals surface area contributed by atoms with Crippen LogP contribution < -0.4 is 16.2 Å².